The first kappa shape index (κ1) is 18.8. The van der Waals surface area contributed by atoms with Crippen molar-refractivity contribution >= 4 is 36.4 Å². The molecule has 1 aromatic carbocycles. The van der Waals surface area contributed by atoms with E-state index in [0.29, 0.717) is 17.3 Å². The number of hydrogen-bond acceptors (Lipinski definition) is 4. The van der Waals surface area contributed by atoms with E-state index in [1.54, 1.807) is 12.1 Å². The average molecular weight is 351 g/mol. The van der Waals surface area contributed by atoms with E-state index in [0.717, 1.165) is 11.0 Å². The molecule has 0 aliphatic carbocycles. The van der Waals surface area contributed by atoms with Crippen LogP contribution in [0.25, 0.3) is 6.08 Å². The Hall–Kier alpha value is -1.50. The van der Waals surface area contributed by atoms with Gasteiger partial charge in [-0.25, -0.2) is 0 Å². The third kappa shape index (κ3) is 4.32. The van der Waals surface area contributed by atoms with E-state index in [4.69, 9.17) is 26.6 Å². The summed E-state index contributed by atoms with van der Waals surface area (Å²) in [5.41, 5.74) is 7.13. The van der Waals surface area contributed by atoms with Crippen LogP contribution in [0, 0.1) is 0 Å². The van der Waals surface area contributed by atoms with Crippen LogP contribution in [-0.2, 0) is 14.1 Å². The second-order valence-electron chi connectivity index (χ2n) is 7.04. The van der Waals surface area contributed by atoms with E-state index in [2.05, 4.69) is 5.32 Å². The Labute approximate surface area is 148 Å². The predicted octanol–water partition coefficient (Wildman–Crippen LogP) is 3.07. The topological polar surface area (TPSA) is 73.6 Å². The molecule has 2 rings (SSSR count). The van der Waals surface area contributed by atoms with Gasteiger partial charge in [-0.3, -0.25) is 4.79 Å². The fourth-order valence-electron chi connectivity index (χ4n) is 2.36. The molecule has 0 atom stereocenters. The van der Waals surface area contributed by atoms with Crippen molar-refractivity contribution in [3.05, 3.63) is 34.3 Å². The number of nitrogens with one attached hydrogen (secondary N) is 1. The minimum Gasteiger partial charge on any atom is -0.400 e. The van der Waals surface area contributed by atoms with Crippen LogP contribution in [0.3, 0.4) is 0 Å². The molecule has 3 N–H and O–H groups in total. The summed E-state index contributed by atoms with van der Waals surface area (Å²) in [6, 6.07) is 5.29. The van der Waals surface area contributed by atoms with Gasteiger partial charge in [0.15, 0.2) is 0 Å². The minimum atomic E-state index is -0.554. The number of anilines is 1. The highest BCUT2D eigenvalue weighted by molar-refractivity contribution is 6.56. The van der Waals surface area contributed by atoms with Crippen LogP contribution in [0.15, 0.2) is 23.7 Å². The molecule has 0 spiro atoms. The van der Waals surface area contributed by atoms with Crippen molar-refractivity contribution in [2.75, 3.05) is 12.3 Å². The lowest BCUT2D eigenvalue weighted by molar-refractivity contribution is -0.118. The number of hydrogen-bond donors (Lipinski definition) is 2. The van der Waals surface area contributed by atoms with Crippen LogP contribution >= 0.6 is 11.6 Å². The maximum Gasteiger partial charge on any atom is 0.492 e. The normalized spacial score (nSPS) is 19.4. The van der Waals surface area contributed by atoms with Crippen LogP contribution in [0.4, 0.5) is 5.69 Å². The zero-order valence-electron chi connectivity index (χ0n) is 14.8. The Kier molecular flexibility index (Phi) is 5.33. The molecule has 1 aliphatic heterocycles. The summed E-state index contributed by atoms with van der Waals surface area (Å²) in [7, 11) is -0.554. The molecule has 0 unspecified atom stereocenters. The Balaban J connectivity index is 2.35. The molecule has 1 amide bonds. The highest BCUT2D eigenvalue weighted by atomic mass is 35.5. The Bertz CT molecular complexity index is 638. The standard InChI is InChI=1S/C17H24BClN2O3/c1-11(22)21-10-13(6-12-7-14(19)9-15(20)8-12)18-23-16(2,3)17(4,5)24-18/h6-9H,10,20H2,1-5H3,(H,21,22). The largest absolute Gasteiger partial charge is 0.492 e. The zero-order chi connectivity index (χ0) is 18.1. The summed E-state index contributed by atoms with van der Waals surface area (Å²) in [6.07, 6.45) is 1.89. The lowest BCUT2D eigenvalue weighted by Crippen LogP contribution is -2.41. The lowest BCUT2D eigenvalue weighted by atomic mass is 9.77. The average Bonchev–Trinajstić information content (AvgIpc) is 2.62. The van der Waals surface area contributed by atoms with Gasteiger partial charge in [0, 0.05) is 24.2 Å². The molecule has 1 aliphatic rings. The first-order valence-corrected chi connectivity index (χ1v) is 8.24. The summed E-state index contributed by atoms with van der Waals surface area (Å²) in [5.74, 6) is -0.122. The SMILES string of the molecule is CC(=O)NCC(=Cc1cc(N)cc(Cl)c1)B1OC(C)(C)C(C)(C)O1. The summed E-state index contributed by atoms with van der Waals surface area (Å²) in [4.78, 5) is 11.3. The summed E-state index contributed by atoms with van der Waals surface area (Å²) in [6.45, 7) is 9.74. The van der Waals surface area contributed by atoms with Gasteiger partial charge in [-0.05, 0) is 56.9 Å². The zero-order valence-corrected chi connectivity index (χ0v) is 15.5. The van der Waals surface area contributed by atoms with E-state index in [1.165, 1.54) is 6.92 Å². The molecule has 24 heavy (non-hydrogen) atoms. The van der Waals surface area contributed by atoms with Crippen molar-refractivity contribution in [1.82, 2.24) is 5.32 Å². The van der Waals surface area contributed by atoms with E-state index >= 15 is 0 Å². The summed E-state index contributed by atoms with van der Waals surface area (Å²) < 4.78 is 12.2. The molecule has 5 nitrogen and oxygen atoms in total. The number of rotatable bonds is 4. The van der Waals surface area contributed by atoms with E-state index in [-0.39, 0.29) is 5.91 Å². The van der Waals surface area contributed by atoms with Crippen LogP contribution in [0.5, 0.6) is 0 Å². The molecular weight excluding hydrogens is 326 g/mol. The quantitative estimate of drug-likeness (QED) is 0.646. The second kappa shape index (κ2) is 6.79. The van der Waals surface area contributed by atoms with Crippen molar-refractivity contribution in [3.63, 3.8) is 0 Å². The molecule has 0 aromatic heterocycles. The summed E-state index contributed by atoms with van der Waals surface area (Å²) >= 11 is 6.07. The van der Waals surface area contributed by atoms with Gasteiger partial charge in [0.1, 0.15) is 0 Å². The van der Waals surface area contributed by atoms with Gasteiger partial charge in [0.25, 0.3) is 0 Å². The van der Waals surface area contributed by atoms with Gasteiger partial charge in [0.05, 0.1) is 11.2 Å². The molecule has 7 heteroatoms. The third-order valence-corrected chi connectivity index (χ3v) is 4.61. The van der Waals surface area contributed by atoms with Crippen molar-refractivity contribution in [3.8, 4) is 0 Å². The fraction of sp³-hybridized carbons (Fsp3) is 0.471. The van der Waals surface area contributed by atoms with Crippen molar-refractivity contribution < 1.29 is 14.1 Å². The Morgan fingerprint density at radius 2 is 1.83 bits per heavy atom. The number of amides is 1. The predicted molar refractivity (Wildman–Crippen MR) is 98.6 cm³/mol. The first-order chi connectivity index (χ1) is 11.0. The number of halogens is 1. The molecule has 0 saturated carbocycles. The number of carbonyl (C=O) groups is 1. The molecule has 0 radical (unpaired) electrons. The van der Waals surface area contributed by atoms with Crippen molar-refractivity contribution in [1.29, 1.82) is 0 Å². The first-order valence-electron chi connectivity index (χ1n) is 7.87. The minimum absolute atomic E-state index is 0.122. The van der Waals surface area contributed by atoms with E-state index in [1.807, 2.05) is 39.8 Å². The number of nitrogen functional groups attached to an aromatic ring is 1. The van der Waals surface area contributed by atoms with Gasteiger partial charge in [-0.1, -0.05) is 17.7 Å². The molecule has 1 aromatic rings. The molecule has 1 heterocycles. The fourth-order valence-corrected chi connectivity index (χ4v) is 2.61. The van der Waals surface area contributed by atoms with Crippen LogP contribution in [0.2, 0.25) is 5.02 Å². The van der Waals surface area contributed by atoms with Crippen LogP contribution in [0.1, 0.15) is 40.2 Å². The Morgan fingerprint density at radius 1 is 1.25 bits per heavy atom. The monoisotopic (exact) mass is 350 g/mol. The van der Waals surface area contributed by atoms with Crippen LogP contribution in [-0.4, -0.2) is 30.8 Å². The van der Waals surface area contributed by atoms with Gasteiger partial charge < -0.3 is 20.4 Å². The van der Waals surface area contributed by atoms with E-state index in [9.17, 15) is 4.79 Å². The maximum absolute atomic E-state index is 11.3. The molecule has 1 saturated heterocycles. The summed E-state index contributed by atoms with van der Waals surface area (Å²) in [5, 5.41) is 3.35. The molecule has 130 valence electrons. The smallest absolute Gasteiger partial charge is 0.400 e. The Morgan fingerprint density at radius 3 is 2.33 bits per heavy atom. The maximum atomic E-state index is 11.3. The highest BCUT2D eigenvalue weighted by Gasteiger charge is 2.52. The van der Waals surface area contributed by atoms with Crippen LogP contribution < -0.4 is 11.1 Å². The molecular formula is C17H24BClN2O3. The second-order valence-corrected chi connectivity index (χ2v) is 7.47. The van der Waals surface area contributed by atoms with Crippen molar-refractivity contribution in [2.24, 2.45) is 0 Å². The number of nitrogens with two attached hydrogens (primary N) is 1. The number of carbonyl (C=O) groups excluding carboxylic acids is 1. The third-order valence-electron chi connectivity index (χ3n) is 4.39. The van der Waals surface area contributed by atoms with Gasteiger partial charge in [-0.15, -0.1) is 0 Å². The highest BCUT2D eigenvalue weighted by Crippen LogP contribution is 2.38. The molecule has 0 bridgehead atoms. The van der Waals surface area contributed by atoms with E-state index < -0.39 is 18.3 Å². The van der Waals surface area contributed by atoms with Gasteiger partial charge in [0.2, 0.25) is 5.91 Å². The molecule has 1 fully saturated rings. The van der Waals surface area contributed by atoms with Gasteiger partial charge in [-0.2, -0.15) is 0 Å². The lowest BCUT2D eigenvalue weighted by Gasteiger charge is -2.32. The number of benzene rings is 1. The van der Waals surface area contributed by atoms with Crippen molar-refractivity contribution in [2.45, 2.75) is 45.8 Å². The van der Waals surface area contributed by atoms with Gasteiger partial charge >= 0.3 is 7.12 Å².